The molecule has 7 nitrogen and oxygen atoms in total. The molecule has 0 saturated carbocycles. The van der Waals surface area contributed by atoms with Gasteiger partial charge in [0.15, 0.2) is 0 Å². The van der Waals surface area contributed by atoms with E-state index in [9.17, 15) is 14.4 Å². The molecule has 2 atom stereocenters. The molecule has 0 aromatic heterocycles. The normalized spacial score (nSPS) is 13.7. The zero-order valence-electron chi connectivity index (χ0n) is 18.9. The summed E-state index contributed by atoms with van der Waals surface area (Å²) >= 11 is 1.50. The second-order valence-electron chi connectivity index (χ2n) is 8.96. The number of hydrogen-bond donors (Lipinski definition) is 2. The van der Waals surface area contributed by atoms with Gasteiger partial charge in [-0.3, -0.25) is 4.79 Å². The number of carbonyl (C=O) groups is 3. The van der Waals surface area contributed by atoms with E-state index in [-0.39, 0.29) is 0 Å². The van der Waals surface area contributed by atoms with Crippen LogP contribution in [0.15, 0.2) is 30.3 Å². The lowest BCUT2D eigenvalue weighted by Gasteiger charge is -2.25. The molecule has 2 amide bonds. The summed E-state index contributed by atoms with van der Waals surface area (Å²) in [7, 11) is 0. The van der Waals surface area contributed by atoms with Crippen molar-refractivity contribution >= 4 is 29.7 Å². The van der Waals surface area contributed by atoms with Gasteiger partial charge in [0, 0.05) is 11.5 Å². The number of rotatable bonds is 8. The van der Waals surface area contributed by atoms with E-state index in [1.165, 1.54) is 11.8 Å². The number of carbonyl (C=O) groups excluding carboxylic acids is 3. The molecule has 0 unspecified atom stereocenters. The van der Waals surface area contributed by atoms with Crippen LogP contribution in [0.3, 0.4) is 0 Å². The van der Waals surface area contributed by atoms with E-state index in [0.717, 1.165) is 5.56 Å². The van der Waals surface area contributed by atoms with Crippen LogP contribution in [-0.4, -0.2) is 47.0 Å². The third kappa shape index (κ3) is 11.1. The predicted molar refractivity (Wildman–Crippen MR) is 119 cm³/mol. The van der Waals surface area contributed by atoms with Crippen LogP contribution in [0.2, 0.25) is 0 Å². The molecule has 1 aromatic rings. The van der Waals surface area contributed by atoms with Gasteiger partial charge in [-0.2, -0.15) is 11.8 Å². The van der Waals surface area contributed by atoms with Crippen molar-refractivity contribution < 1.29 is 23.9 Å². The van der Waals surface area contributed by atoms with Gasteiger partial charge >= 0.3 is 12.1 Å². The van der Waals surface area contributed by atoms with Crippen molar-refractivity contribution in [3.63, 3.8) is 0 Å². The molecule has 168 valence electrons. The molecular weight excluding hydrogens is 404 g/mol. The molecule has 0 fully saturated rings. The average molecular weight is 439 g/mol. The van der Waals surface area contributed by atoms with Gasteiger partial charge in [0.05, 0.1) is 0 Å². The molecule has 0 radical (unpaired) electrons. The summed E-state index contributed by atoms with van der Waals surface area (Å²) in [5.41, 5.74) is -0.233. The van der Waals surface area contributed by atoms with E-state index in [1.54, 1.807) is 48.5 Å². The highest BCUT2D eigenvalue weighted by molar-refractivity contribution is 7.98. The Morgan fingerprint density at radius 1 is 0.933 bits per heavy atom. The number of nitrogens with one attached hydrogen (secondary N) is 2. The second-order valence-corrected chi connectivity index (χ2v) is 9.99. The molecule has 0 aliphatic rings. The van der Waals surface area contributed by atoms with Crippen LogP contribution in [0, 0.1) is 0 Å². The highest BCUT2D eigenvalue weighted by Crippen LogP contribution is 2.14. The Morgan fingerprint density at radius 3 is 2.03 bits per heavy atom. The van der Waals surface area contributed by atoms with Crippen molar-refractivity contribution in [3.8, 4) is 0 Å². The minimum absolute atomic E-state index is 0.320. The van der Waals surface area contributed by atoms with Gasteiger partial charge in [-0.15, -0.1) is 0 Å². The van der Waals surface area contributed by atoms with E-state index in [2.05, 4.69) is 10.6 Å². The Labute approximate surface area is 183 Å². The number of benzene rings is 1. The minimum atomic E-state index is -0.863. The smallest absolute Gasteiger partial charge is 0.408 e. The van der Waals surface area contributed by atoms with Gasteiger partial charge < -0.3 is 20.1 Å². The van der Waals surface area contributed by atoms with Crippen molar-refractivity contribution in [2.75, 3.05) is 5.75 Å². The van der Waals surface area contributed by atoms with Gasteiger partial charge in [0.2, 0.25) is 5.91 Å². The topological polar surface area (TPSA) is 93.7 Å². The molecule has 0 aliphatic carbocycles. The van der Waals surface area contributed by atoms with Gasteiger partial charge in [-0.05, 0) is 54.0 Å². The minimum Gasteiger partial charge on any atom is -0.458 e. The van der Waals surface area contributed by atoms with E-state index in [4.69, 9.17) is 9.47 Å². The number of ether oxygens (including phenoxy) is 2. The second kappa shape index (κ2) is 11.2. The highest BCUT2D eigenvalue weighted by Gasteiger charge is 2.28. The molecule has 0 spiro atoms. The van der Waals surface area contributed by atoms with Gasteiger partial charge in [0.25, 0.3) is 0 Å². The lowest BCUT2D eigenvalue weighted by molar-refractivity contribution is -0.158. The summed E-state index contributed by atoms with van der Waals surface area (Å²) in [5.74, 6) is -0.00735. The number of alkyl carbamates (subject to hydrolysis) is 1. The summed E-state index contributed by atoms with van der Waals surface area (Å²) < 4.78 is 10.6. The first-order chi connectivity index (χ1) is 13.8. The molecule has 1 aromatic carbocycles. The lowest BCUT2D eigenvalue weighted by Crippen LogP contribution is -2.53. The number of hydrogen-bond acceptors (Lipinski definition) is 6. The Bertz CT molecular complexity index is 710. The van der Waals surface area contributed by atoms with Gasteiger partial charge in [0.1, 0.15) is 23.3 Å². The maximum atomic E-state index is 12.8. The fourth-order valence-electron chi connectivity index (χ4n) is 2.26. The summed E-state index contributed by atoms with van der Waals surface area (Å²) in [6.07, 6.45) is -0.687. The number of amides is 2. The first-order valence-corrected chi connectivity index (χ1v) is 11.1. The van der Waals surface area contributed by atoms with Crippen LogP contribution in [0.5, 0.6) is 0 Å². The summed E-state index contributed by atoms with van der Waals surface area (Å²) in [5, 5.41) is 5.23. The van der Waals surface area contributed by atoms with Gasteiger partial charge in [-0.1, -0.05) is 30.3 Å². The Balaban J connectivity index is 2.75. The first-order valence-electron chi connectivity index (χ1n) is 9.91. The fourth-order valence-corrected chi connectivity index (χ4v) is 3.28. The summed E-state index contributed by atoms with van der Waals surface area (Å²) in [6, 6.07) is 8.11. The van der Waals surface area contributed by atoms with Crippen LogP contribution < -0.4 is 10.6 Å². The van der Waals surface area contributed by atoms with Crippen molar-refractivity contribution in [2.45, 2.75) is 77.5 Å². The SMILES string of the molecule is C[C@H](NC(=O)[C@H](CSCc1ccccc1)NC(=O)OC(C)(C)C)C(=O)OC(C)(C)C. The van der Waals surface area contributed by atoms with Crippen molar-refractivity contribution in [2.24, 2.45) is 0 Å². The number of thioether (sulfide) groups is 1. The van der Waals surface area contributed by atoms with Crippen LogP contribution in [-0.2, 0) is 24.8 Å². The zero-order valence-corrected chi connectivity index (χ0v) is 19.7. The van der Waals surface area contributed by atoms with Crippen LogP contribution in [0.25, 0.3) is 0 Å². The monoisotopic (exact) mass is 438 g/mol. The van der Waals surface area contributed by atoms with Crippen molar-refractivity contribution in [3.05, 3.63) is 35.9 Å². The molecule has 30 heavy (non-hydrogen) atoms. The van der Waals surface area contributed by atoms with Crippen molar-refractivity contribution in [1.82, 2.24) is 10.6 Å². The molecule has 8 heteroatoms. The standard InChI is InChI=1S/C22H34N2O5S/c1-15(19(26)28-21(2,3)4)23-18(25)17(24-20(27)29-22(5,6)7)14-30-13-16-11-9-8-10-12-16/h8-12,15,17H,13-14H2,1-7H3,(H,23,25)(H,24,27)/t15-,17-/m0/s1. The third-order valence-corrected chi connectivity index (χ3v) is 4.63. The zero-order chi connectivity index (χ0) is 22.9. The largest absolute Gasteiger partial charge is 0.458 e. The van der Waals surface area contributed by atoms with E-state index in [0.29, 0.717) is 11.5 Å². The fraction of sp³-hybridized carbons (Fsp3) is 0.591. The van der Waals surface area contributed by atoms with Crippen LogP contribution >= 0.6 is 11.8 Å². The highest BCUT2D eigenvalue weighted by atomic mass is 32.2. The average Bonchev–Trinajstić information content (AvgIpc) is 2.58. The Hall–Kier alpha value is -2.22. The van der Waals surface area contributed by atoms with E-state index >= 15 is 0 Å². The summed E-state index contributed by atoms with van der Waals surface area (Å²) in [6.45, 7) is 12.1. The molecule has 2 N–H and O–H groups in total. The maximum Gasteiger partial charge on any atom is 0.408 e. The van der Waals surface area contributed by atoms with Crippen molar-refractivity contribution in [1.29, 1.82) is 0 Å². The molecular formula is C22H34N2O5S. The van der Waals surface area contributed by atoms with Crippen LogP contribution in [0.4, 0.5) is 4.79 Å². The van der Waals surface area contributed by atoms with Crippen LogP contribution in [0.1, 0.15) is 54.0 Å². The Morgan fingerprint density at radius 2 is 1.50 bits per heavy atom. The molecule has 0 aliphatic heterocycles. The van der Waals surface area contributed by atoms with Gasteiger partial charge in [-0.25, -0.2) is 9.59 Å². The lowest BCUT2D eigenvalue weighted by atomic mass is 10.2. The predicted octanol–water partition coefficient (Wildman–Crippen LogP) is 3.66. The molecule has 0 bridgehead atoms. The summed E-state index contributed by atoms with van der Waals surface area (Å²) in [4.78, 5) is 37.1. The maximum absolute atomic E-state index is 12.8. The number of esters is 1. The first kappa shape index (κ1) is 25.8. The molecule has 0 heterocycles. The molecule has 1 rings (SSSR count). The van der Waals surface area contributed by atoms with E-state index < -0.39 is 41.3 Å². The third-order valence-electron chi connectivity index (χ3n) is 3.52. The Kier molecular flexibility index (Phi) is 9.68. The van der Waals surface area contributed by atoms with E-state index in [1.807, 2.05) is 30.3 Å². The quantitative estimate of drug-likeness (QED) is 0.602. The molecule has 0 saturated heterocycles.